The molecule has 1 amide bonds. The summed E-state index contributed by atoms with van der Waals surface area (Å²) in [7, 11) is -2.89. The Balaban J connectivity index is 2.06. The fourth-order valence-electron chi connectivity index (χ4n) is 2.74. The summed E-state index contributed by atoms with van der Waals surface area (Å²) in [5.74, 6) is -3.95. The SMILES string of the molecule is COC(=O)[C@@](NC(=O)c1ccc(F)cc1)(Nc1nc2ccc(S(C)(=O)=O)cc2s1)C(F)(F)F. The van der Waals surface area contributed by atoms with Gasteiger partial charge in [0.15, 0.2) is 15.0 Å². The van der Waals surface area contributed by atoms with Crippen LogP contribution in [0.4, 0.5) is 22.7 Å². The minimum atomic E-state index is -5.41. The van der Waals surface area contributed by atoms with Crippen molar-refractivity contribution in [1.82, 2.24) is 10.3 Å². The van der Waals surface area contributed by atoms with Crippen LogP contribution in [0.2, 0.25) is 0 Å². The van der Waals surface area contributed by atoms with Crippen LogP contribution in [0.15, 0.2) is 47.4 Å². The fourth-order valence-corrected chi connectivity index (χ4v) is 4.42. The average molecular weight is 505 g/mol. The maximum Gasteiger partial charge on any atom is 0.442 e. The van der Waals surface area contributed by atoms with E-state index < -0.39 is 44.5 Å². The smallest absolute Gasteiger partial charge is 0.442 e. The largest absolute Gasteiger partial charge is 0.466 e. The molecule has 1 aromatic heterocycles. The van der Waals surface area contributed by atoms with Crippen molar-refractivity contribution in [2.75, 3.05) is 18.7 Å². The first-order valence-corrected chi connectivity index (χ1v) is 11.6. The molecule has 0 fully saturated rings. The standard InChI is InChI=1S/C19H15F4N3O5S2/c1-31-16(28)18(19(21,22)23,25-15(27)10-3-5-11(20)6-4-10)26-17-24-13-8-7-12(33(2,29)30)9-14(13)32-17/h3-9H,1-2H3,(H,24,26)(H,25,27)/t18-/m1/s1. The van der Waals surface area contributed by atoms with E-state index in [-0.39, 0.29) is 20.7 Å². The molecule has 0 aliphatic heterocycles. The van der Waals surface area contributed by atoms with Crippen molar-refractivity contribution in [1.29, 1.82) is 0 Å². The van der Waals surface area contributed by atoms with Crippen molar-refractivity contribution >= 4 is 48.4 Å². The lowest BCUT2D eigenvalue weighted by Crippen LogP contribution is -2.69. The summed E-state index contributed by atoms with van der Waals surface area (Å²) >= 11 is 0.628. The van der Waals surface area contributed by atoms with Crippen LogP contribution in [0.5, 0.6) is 0 Å². The third-order valence-electron chi connectivity index (χ3n) is 4.41. The number of amides is 1. The number of nitrogens with one attached hydrogen (secondary N) is 2. The molecule has 0 unspecified atom stereocenters. The number of fused-ring (bicyclic) bond motifs is 1. The predicted octanol–water partition coefficient (Wildman–Crippen LogP) is 3.11. The van der Waals surface area contributed by atoms with Crippen molar-refractivity contribution in [2.24, 2.45) is 0 Å². The Morgan fingerprint density at radius 2 is 1.73 bits per heavy atom. The average Bonchev–Trinajstić information content (AvgIpc) is 3.13. The highest BCUT2D eigenvalue weighted by Gasteiger charge is 2.64. The van der Waals surface area contributed by atoms with Gasteiger partial charge in [-0.3, -0.25) is 4.79 Å². The van der Waals surface area contributed by atoms with Gasteiger partial charge >= 0.3 is 17.8 Å². The van der Waals surface area contributed by atoms with Crippen LogP contribution < -0.4 is 10.6 Å². The Morgan fingerprint density at radius 1 is 1.09 bits per heavy atom. The summed E-state index contributed by atoms with van der Waals surface area (Å²) < 4.78 is 83.6. The number of carbonyl (C=O) groups is 2. The molecule has 3 rings (SSSR count). The quantitative estimate of drug-likeness (QED) is 0.301. The van der Waals surface area contributed by atoms with E-state index in [1.807, 2.05) is 5.32 Å². The summed E-state index contributed by atoms with van der Waals surface area (Å²) in [6.07, 6.45) is -4.45. The van der Waals surface area contributed by atoms with Crippen LogP contribution in [0.3, 0.4) is 0 Å². The second kappa shape index (κ2) is 8.59. The first-order chi connectivity index (χ1) is 15.3. The third kappa shape index (κ3) is 4.90. The Kier molecular flexibility index (Phi) is 6.35. The summed E-state index contributed by atoms with van der Waals surface area (Å²) in [5.41, 5.74) is -3.95. The maximum absolute atomic E-state index is 14.2. The number of benzene rings is 2. The number of hydrogen-bond acceptors (Lipinski definition) is 8. The molecular weight excluding hydrogens is 490 g/mol. The zero-order valence-electron chi connectivity index (χ0n) is 16.9. The number of halogens is 4. The number of alkyl halides is 3. The Hall–Kier alpha value is -3.26. The summed E-state index contributed by atoms with van der Waals surface area (Å²) in [6.45, 7) is 0. The number of anilines is 1. The van der Waals surface area contributed by atoms with Crippen LogP contribution in [0, 0.1) is 5.82 Å². The normalized spacial score (nSPS) is 13.9. The fraction of sp³-hybridized carbons (Fsp3) is 0.211. The van der Waals surface area contributed by atoms with E-state index in [0.29, 0.717) is 18.4 Å². The molecular formula is C19H15F4N3O5S2. The van der Waals surface area contributed by atoms with E-state index in [4.69, 9.17) is 0 Å². The van der Waals surface area contributed by atoms with Gasteiger partial charge in [-0.25, -0.2) is 22.6 Å². The lowest BCUT2D eigenvalue weighted by molar-refractivity contribution is -0.203. The molecule has 0 aliphatic carbocycles. The van der Waals surface area contributed by atoms with Crippen LogP contribution >= 0.6 is 11.3 Å². The van der Waals surface area contributed by atoms with Gasteiger partial charge < -0.3 is 15.4 Å². The molecule has 1 atom stereocenters. The topological polar surface area (TPSA) is 114 Å². The second-order valence-electron chi connectivity index (χ2n) is 6.75. The molecule has 0 saturated carbocycles. The van der Waals surface area contributed by atoms with Gasteiger partial charge in [-0.1, -0.05) is 11.3 Å². The molecule has 1 heterocycles. The first kappa shape index (κ1) is 24.4. The van der Waals surface area contributed by atoms with E-state index in [1.54, 1.807) is 5.32 Å². The summed E-state index contributed by atoms with van der Waals surface area (Å²) in [5, 5.41) is 3.03. The Morgan fingerprint density at radius 3 is 2.27 bits per heavy atom. The molecule has 2 aromatic carbocycles. The molecule has 0 bridgehead atoms. The Labute approximate surface area is 188 Å². The van der Waals surface area contributed by atoms with Crippen LogP contribution in [-0.2, 0) is 19.4 Å². The molecule has 0 spiro atoms. The minimum Gasteiger partial charge on any atom is -0.466 e. The Bertz CT molecular complexity index is 1320. The van der Waals surface area contributed by atoms with Gasteiger partial charge in [-0.2, -0.15) is 13.2 Å². The van der Waals surface area contributed by atoms with Crippen molar-refractivity contribution in [2.45, 2.75) is 16.7 Å². The van der Waals surface area contributed by atoms with Gasteiger partial charge in [0.2, 0.25) is 0 Å². The molecule has 176 valence electrons. The van der Waals surface area contributed by atoms with Gasteiger partial charge in [0.25, 0.3) is 5.91 Å². The molecule has 0 saturated heterocycles. The van der Waals surface area contributed by atoms with Crippen LogP contribution in [0.1, 0.15) is 10.4 Å². The molecule has 3 aromatic rings. The van der Waals surface area contributed by atoms with E-state index in [2.05, 4.69) is 9.72 Å². The van der Waals surface area contributed by atoms with Crippen LogP contribution in [0.25, 0.3) is 10.2 Å². The number of thiazole rings is 1. The van der Waals surface area contributed by atoms with Crippen molar-refractivity contribution < 1.29 is 40.3 Å². The number of carbonyl (C=O) groups excluding carboxylic acids is 2. The molecule has 8 nitrogen and oxygen atoms in total. The second-order valence-corrected chi connectivity index (χ2v) is 9.79. The lowest BCUT2D eigenvalue weighted by atomic mass is 10.1. The highest BCUT2D eigenvalue weighted by atomic mass is 32.2. The zero-order valence-corrected chi connectivity index (χ0v) is 18.5. The van der Waals surface area contributed by atoms with Crippen molar-refractivity contribution in [3.05, 3.63) is 53.8 Å². The van der Waals surface area contributed by atoms with Gasteiger partial charge in [0.05, 0.1) is 22.2 Å². The van der Waals surface area contributed by atoms with Gasteiger partial charge in [0, 0.05) is 11.8 Å². The van der Waals surface area contributed by atoms with Crippen LogP contribution in [-0.4, -0.2) is 50.5 Å². The van der Waals surface area contributed by atoms with Crippen molar-refractivity contribution in [3.8, 4) is 0 Å². The lowest BCUT2D eigenvalue weighted by Gasteiger charge is -2.34. The summed E-state index contributed by atoms with van der Waals surface area (Å²) in [6, 6.07) is 7.34. The zero-order chi connectivity index (χ0) is 24.6. The molecule has 33 heavy (non-hydrogen) atoms. The van der Waals surface area contributed by atoms with E-state index >= 15 is 0 Å². The van der Waals surface area contributed by atoms with Gasteiger partial charge in [-0.15, -0.1) is 0 Å². The molecule has 0 aliphatic rings. The number of sulfone groups is 1. The highest BCUT2D eigenvalue weighted by molar-refractivity contribution is 7.90. The van der Waals surface area contributed by atoms with Gasteiger partial charge in [-0.05, 0) is 42.5 Å². The number of rotatable bonds is 6. The molecule has 14 heteroatoms. The third-order valence-corrected chi connectivity index (χ3v) is 6.45. The number of ether oxygens (including phenoxy) is 1. The van der Waals surface area contributed by atoms with E-state index in [9.17, 15) is 35.6 Å². The number of aromatic nitrogens is 1. The number of esters is 1. The van der Waals surface area contributed by atoms with Crippen molar-refractivity contribution in [3.63, 3.8) is 0 Å². The summed E-state index contributed by atoms with van der Waals surface area (Å²) in [4.78, 5) is 28.7. The predicted molar refractivity (Wildman–Crippen MR) is 111 cm³/mol. The maximum atomic E-state index is 14.2. The highest BCUT2D eigenvalue weighted by Crippen LogP contribution is 2.36. The minimum absolute atomic E-state index is 0.0788. The number of nitrogens with zero attached hydrogens (tertiary/aromatic N) is 1. The first-order valence-electron chi connectivity index (χ1n) is 8.89. The molecule has 0 radical (unpaired) electrons. The number of hydrogen-bond donors (Lipinski definition) is 2. The molecule has 2 N–H and O–H groups in total. The van der Waals surface area contributed by atoms with E-state index in [0.717, 1.165) is 30.5 Å². The van der Waals surface area contributed by atoms with Gasteiger partial charge in [0.1, 0.15) is 5.82 Å². The number of methoxy groups -OCH3 is 1. The monoisotopic (exact) mass is 505 g/mol. The van der Waals surface area contributed by atoms with E-state index in [1.165, 1.54) is 18.2 Å².